The van der Waals surface area contributed by atoms with Crippen LogP contribution in [0.15, 0.2) is 11.8 Å². The Balaban J connectivity index is 2.14. The Hall–Kier alpha value is -0.500. The zero-order valence-electron chi connectivity index (χ0n) is 7.14. The number of nitrogens with zero attached hydrogens (tertiary/aromatic N) is 1. The van der Waals surface area contributed by atoms with Crippen LogP contribution >= 0.6 is 0 Å². The summed E-state index contributed by atoms with van der Waals surface area (Å²) in [5.41, 5.74) is 1.58. The molecule has 0 bridgehead atoms. The van der Waals surface area contributed by atoms with Crippen molar-refractivity contribution in [3.8, 4) is 0 Å². The van der Waals surface area contributed by atoms with E-state index in [1.54, 1.807) is 5.70 Å². The van der Waals surface area contributed by atoms with Gasteiger partial charge in [0, 0.05) is 38.3 Å². The molecule has 0 saturated carbocycles. The van der Waals surface area contributed by atoms with E-state index in [9.17, 15) is 0 Å². The smallest absolute Gasteiger partial charge is 0.0172 e. The lowest BCUT2D eigenvalue weighted by molar-refractivity contribution is 0.266. The normalized spacial score (nSPS) is 31.2. The summed E-state index contributed by atoms with van der Waals surface area (Å²) < 4.78 is 0. The first kappa shape index (κ1) is 7.17. The van der Waals surface area contributed by atoms with Crippen molar-refractivity contribution in [3.63, 3.8) is 0 Å². The summed E-state index contributed by atoms with van der Waals surface area (Å²) in [6.07, 6.45) is 5.08. The zero-order chi connectivity index (χ0) is 7.68. The van der Waals surface area contributed by atoms with Gasteiger partial charge in [0.2, 0.25) is 0 Å². The fraction of sp³-hybridized carbons (Fsp3) is 0.778. The highest BCUT2D eigenvalue weighted by atomic mass is 15.1. The molecule has 2 heteroatoms. The largest absolute Gasteiger partial charge is 0.378 e. The third-order valence-corrected chi connectivity index (χ3v) is 2.75. The number of fused-ring (bicyclic) bond motifs is 1. The minimum atomic E-state index is 0.808. The molecular formula is C9H16N2. The second kappa shape index (κ2) is 2.86. The lowest BCUT2D eigenvalue weighted by Gasteiger charge is -2.37. The van der Waals surface area contributed by atoms with E-state index < -0.39 is 0 Å². The second-order valence-corrected chi connectivity index (χ2v) is 3.55. The summed E-state index contributed by atoms with van der Waals surface area (Å²) in [5, 5.41) is 3.40. The maximum absolute atomic E-state index is 3.40. The molecule has 62 valence electrons. The molecule has 0 aliphatic carbocycles. The van der Waals surface area contributed by atoms with E-state index in [-0.39, 0.29) is 0 Å². The summed E-state index contributed by atoms with van der Waals surface area (Å²) >= 11 is 0. The minimum absolute atomic E-state index is 0.808. The molecule has 1 unspecified atom stereocenters. The minimum Gasteiger partial charge on any atom is -0.378 e. The van der Waals surface area contributed by atoms with E-state index in [0.29, 0.717) is 0 Å². The van der Waals surface area contributed by atoms with Gasteiger partial charge in [0.25, 0.3) is 0 Å². The van der Waals surface area contributed by atoms with Crippen molar-refractivity contribution in [3.05, 3.63) is 11.8 Å². The Kier molecular flexibility index (Phi) is 1.86. The quantitative estimate of drug-likeness (QED) is 0.552. The van der Waals surface area contributed by atoms with Crippen LogP contribution in [-0.4, -0.2) is 31.6 Å². The number of piperidine rings is 1. The zero-order valence-corrected chi connectivity index (χ0v) is 7.14. The average molecular weight is 152 g/mol. The Morgan fingerprint density at radius 1 is 1.64 bits per heavy atom. The predicted octanol–water partition coefficient (Wildman–Crippen LogP) is 0.815. The van der Waals surface area contributed by atoms with Gasteiger partial charge >= 0.3 is 0 Å². The number of hydrogen-bond donors (Lipinski definition) is 1. The van der Waals surface area contributed by atoms with Crippen molar-refractivity contribution in [2.75, 3.05) is 26.7 Å². The molecule has 2 aliphatic rings. The molecule has 0 aromatic rings. The van der Waals surface area contributed by atoms with Crippen molar-refractivity contribution in [1.29, 1.82) is 0 Å². The van der Waals surface area contributed by atoms with Crippen LogP contribution in [0.25, 0.3) is 0 Å². The molecule has 0 aromatic carbocycles. The van der Waals surface area contributed by atoms with Gasteiger partial charge in [-0.1, -0.05) is 6.08 Å². The molecule has 0 spiro atoms. The third-order valence-electron chi connectivity index (χ3n) is 2.75. The standard InChI is InChI=1S/C9H16N2/c1-11-6-2-3-8-7-10-5-4-9(8)11/h4,8,10H,2-3,5-7H2,1H3. The third kappa shape index (κ3) is 1.27. The van der Waals surface area contributed by atoms with Crippen LogP contribution in [0.2, 0.25) is 0 Å². The summed E-state index contributed by atoms with van der Waals surface area (Å²) in [6, 6.07) is 0. The highest BCUT2D eigenvalue weighted by molar-refractivity contribution is 5.12. The topological polar surface area (TPSA) is 15.3 Å². The number of nitrogens with one attached hydrogen (secondary N) is 1. The molecule has 1 fully saturated rings. The van der Waals surface area contributed by atoms with Gasteiger partial charge in [-0.15, -0.1) is 0 Å². The van der Waals surface area contributed by atoms with Gasteiger partial charge in [-0.3, -0.25) is 0 Å². The number of rotatable bonds is 0. The Morgan fingerprint density at radius 3 is 3.36 bits per heavy atom. The molecule has 1 N–H and O–H groups in total. The molecule has 1 saturated heterocycles. The van der Waals surface area contributed by atoms with Crippen LogP contribution in [-0.2, 0) is 0 Å². The summed E-state index contributed by atoms with van der Waals surface area (Å²) in [6.45, 7) is 3.51. The fourth-order valence-corrected chi connectivity index (χ4v) is 2.13. The van der Waals surface area contributed by atoms with E-state index >= 15 is 0 Å². The highest BCUT2D eigenvalue weighted by Crippen LogP contribution is 2.26. The first-order valence-electron chi connectivity index (χ1n) is 4.50. The van der Waals surface area contributed by atoms with Gasteiger partial charge < -0.3 is 10.2 Å². The number of likely N-dealkylation sites (tertiary alicyclic amines) is 1. The van der Waals surface area contributed by atoms with Gasteiger partial charge in [0.15, 0.2) is 0 Å². The Bertz CT molecular complexity index is 174. The first-order valence-corrected chi connectivity index (χ1v) is 4.50. The lowest BCUT2D eigenvalue weighted by Crippen LogP contribution is -2.39. The second-order valence-electron chi connectivity index (χ2n) is 3.55. The molecule has 11 heavy (non-hydrogen) atoms. The van der Waals surface area contributed by atoms with E-state index in [1.165, 1.54) is 25.9 Å². The van der Waals surface area contributed by atoms with Gasteiger partial charge in [0.05, 0.1) is 0 Å². The van der Waals surface area contributed by atoms with E-state index in [4.69, 9.17) is 0 Å². The molecule has 0 radical (unpaired) electrons. The summed E-state index contributed by atoms with van der Waals surface area (Å²) in [7, 11) is 2.21. The van der Waals surface area contributed by atoms with Crippen molar-refractivity contribution in [2.45, 2.75) is 12.8 Å². The van der Waals surface area contributed by atoms with Gasteiger partial charge in [0.1, 0.15) is 0 Å². The van der Waals surface area contributed by atoms with Crippen LogP contribution in [0.5, 0.6) is 0 Å². The predicted molar refractivity (Wildman–Crippen MR) is 46.3 cm³/mol. The van der Waals surface area contributed by atoms with Crippen LogP contribution in [0.1, 0.15) is 12.8 Å². The number of hydrogen-bond acceptors (Lipinski definition) is 2. The molecule has 2 heterocycles. The molecule has 2 aliphatic heterocycles. The maximum atomic E-state index is 3.40. The first-order chi connectivity index (χ1) is 5.38. The molecule has 2 nitrogen and oxygen atoms in total. The van der Waals surface area contributed by atoms with Gasteiger partial charge in [-0.25, -0.2) is 0 Å². The SMILES string of the molecule is CN1CCCC2CNCC=C21. The van der Waals surface area contributed by atoms with Crippen molar-refractivity contribution in [1.82, 2.24) is 10.2 Å². The van der Waals surface area contributed by atoms with Crippen molar-refractivity contribution in [2.24, 2.45) is 5.92 Å². The summed E-state index contributed by atoms with van der Waals surface area (Å²) in [4.78, 5) is 2.41. The van der Waals surface area contributed by atoms with Crippen LogP contribution < -0.4 is 5.32 Å². The van der Waals surface area contributed by atoms with Gasteiger partial charge in [-0.2, -0.15) is 0 Å². The van der Waals surface area contributed by atoms with Crippen LogP contribution in [0.3, 0.4) is 0 Å². The van der Waals surface area contributed by atoms with Crippen molar-refractivity contribution < 1.29 is 0 Å². The van der Waals surface area contributed by atoms with Crippen LogP contribution in [0, 0.1) is 5.92 Å². The molecule has 2 rings (SSSR count). The monoisotopic (exact) mass is 152 g/mol. The van der Waals surface area contributed by atoms with E-state index in [2.05, 4.69) is 23.3 Å². The van der Waals surface area contributed by atoms with Gasteiger partial charge in [-0.05, 0) is 12.8 Å². The van der Waals surface area contributed by atoms with Crippen LogP contribution in [0.4, 0.5) is 0 Å². The van der Waals surface area contributed by atoms with Crippen molar-refractivity contribution >= 4 is 0 Å². The molecular weight excluding hydrogens is 136 g/mol. The molecule has 0 amide bonds. The Labute approximate surface area is 68.3 Å². The lowest BCUT2D eigenvalue weighted by atomic mass is 9.92. The maximum Gasteiger partial charge on any atom is 0.0172 e. The highest BCUT2D eigenvalue weighted by Gasteiger charge is 2.23. The molecule has 1 atom stereocenters. The fourth-order valence-electron chi connectivity index (χ4n) is 2.13. The average Bonchev–Trinajstić information content (AvgIpc) is 2.06. The molecule has 0 aromatic heterocycles. The van der Waals surface area contributed by atoms with E-state index in [1.807, 2.05) is 0 Å². The Morgan fingerprint density at radius 2 is 2.55 bits per heavy atom. The van der Waals surface area contributed by atoms with E-state index in [0.717, 1.165) is 12.5 Å². The summed E-state index contributed by atoms with van der Waals surface area (Å²) in [5.74, 6) is 0.808.